The van der Waals surface area contributed by atoms with E-state index in [4.69, 9.17) is 0 Å². The van der Waals surface area contributed by atoms with Gasteiger partial charge in [-0.25, -0.2) is 8.78 Å². The number of amides is 1. The maximum Gasteiger partial charge on any atom is 0.324 e. The molecule has 82 valence electrons. The summed E-state index contributed by atoms with van der Waals surface area (Å²) in [6.07, 6.45) is -3.74. The maximum atomic E-state index is 12.5. The minimum Gasteiger partial charge on any atom is -0.322 e. The van der Waals surface area contributed by atoms with Gasteiger partial charge < -0.3 is 4.90 Å². The Kier molecular flexibility index (Phi) is 2.98. The minimum atomic E-state index is -4.14. The molecule has 0 aromatic heterocycles. The zero-order chi connectivity index (χ0) is 10.9. The molecule has 1 fully saturated rings. The first-order valence-electron chi connectivity index (χ1n) is 4.03. The lowest BCUT2D eigenvalue weighted by Gasteiger charge is -2.22. The number of halogens is 4. The van der Waals surface area contributed by atoms with Crippen molar-refractivity contribution >= 4 is 5.91 Å². The summed E-state index contributed by atoms with van der Waals surface area (Å²) in [6.45, 7) is 0.145. The standard InChI is InChI=1S/C7H10F4N2O/c1-4-5(14)13(3-12-4)2-7(10,11)6(8)9/h4,6,12H,2-3H2,1H3. The van der Waals surface area contributed by atoms with Crippen LogP contribution in [0.4, 0.5) is 17.6 Å². The van der Waals surface area contributed by atoms with Gasteiger partial charge in [0.05, 0.1) is 19.3 Å². The Morgan fingerprint density at radius 1 is 1.64 bits per heavy atom. The molecule has 1 rings (SSSR count). The van der Waals surface area contributed by atoms with Crippen LogP contribution in [0.15, 0.2) is 0 Å². The summed E-state index contributed by atoms with van der Waals surface area (Å²) in [7, 11) is 0. The molecule has 0 spiro atoms. The Hall–Kier alpha value is -0.850. The predicted molar refractivity (Wildman–Crippen MR) is 40.1 cm³/mol. The Morgan fingerprint density at radius 3 is 2.57 bits per heavy atom. The van der Waals surface area contributed by atoms with Gasteiger partial charge in [0.2, 0.25) is 5.91 Å². The fourth-order valence-corrected chi connectivity index (χ4v) is 1.14. The van der Waals surface area contributed by atoms with Crippen LogP contribution in [0.25, 0.3) is 0 Å². The maximum absolute atomic E-state index is 12.5. The van der Waals surface area contributed by atoms with Crippen LogP contribution in [0.3, 0.4) is 0 Å². The van der Waals surface area contributed by atoms with Crippen molar-refractivity contribution in [1.29, 1.82) is 0 Å². The SMILES string of the molecule is CC1NCN(CC(F)(F)C(F)F)C1=O. The van der Waals surface area contributed by atoms with Crippen LogP contribution in [0.1, 0.15) is 6.92 Å². The Morgan fingerprint density at radius 2 is 2.21 bits per heavy atom. The van der Waals surface area contributed by atoms with Crippen molar-refractivity contribution < 1.29 is 22.4 Å². The Bertz CT molecular complexity index is 234. The molecular formula is C7H10F4N2O. The average molecular weight is 214 g/mol. The molecule has 7 heteroatoms. The van der Waals surface area contributed by atoms with Crippen LogP contribution in [0.2, 0.25) is 0 Å². The Labute approximate surface area is 78.1 Å². The lowest BCUT2D eigenvalue weighted by molar-refractivity contribution is -0.153. The first-order valence-corrected chi connectivity index (χ1v) is 4.03. The van der Waals surface area contributed by atoms with Gasteiger partial charge in [-0.15, -0.1) is 0 Å². The van der Waals surface area contributed by atoms with Gasteiger partial charge in [0.1, 0.15) is 0 Å². The summed E-state index contributed by atoms with van der Waals surface area (Å²) in [4.78, 5) is 11.8. The highest BCUT2D eigenvalue weighted by atomic mass is 19.3. The molecule has 0 aliphatic carbocycles. The number of carbonyl (C=O) groups is 1. The summed E-state index contributed by atoms with van der Waals surface area (Å²) < 4.78 is 48.6. The molecule has 1 saturated heterocycles. The van der Waals surface area contributed by atoms with Gasteiger partial charge in [-0.3, -0.25) is 10.1 Å². The molecule has 14 heavy (non-hydrogen) atoms. The quantitative estimate of drug-likeness (QED) is 0.700. The second kappa shape index (κ2) is 3.72. The predicted octanol–water partition coefficient (Wildman–Crippen LogP) is 0.665. The van der Waals surface area contributed by atoms with Crippen LogP contribution in [0, 0.1) is 0 Å². The molecule has 1 unspecified atom stereocenters. The van der Waals surface area contributed by atoms with Crippen LogP contribution >= 0.6 is 0 Å². The van der Waals surface area contributed by atoms with Crippen LogP contribution in [-0.4, -0.2) is 42.4 Å². The molecule has 1 heterocycles. The highest BCUT2D eigenvalue weighted by molar-refractivity contribution is 5.83. The molecule has 0 aromatic carbocycles. The normalized spacial score (nSPS) is 23.7. The molecule has 1 amide bonds. The third-order valence-corrected chi connectivity index (χ3v) is 1.99. The van der Waals surface area contributed by atoms with Gasteiger partial charge in [0.15, 0.2) is 0 Å². The second-order valence-electron chi connectivity index (χ2n) is 3.18. The van der Waals surface area contributed by atoms with Crippen molar-refractivity contribution in [1.82, 2.24) is 10.2 Å². The van der Waals surface area contributed by atoms with E-state index < -0.39 is 30.8 Å². The number of rotatable bonds is 3. The Balaban J connectivity index is 2.57. The summed E-state index contributed by atoms with van der Waals surface area (Å²) >= 11 is 0. The number of carbonyl (C=O) groups excluding carboxylic acids is 1. The first-order chi connectivity index (χ1) is 6.34. The van der Waals surface area contributed by atoms with Crippen LogP contribution in [0.5, 0.6) is 0 Å². The molecular weight excluding hydrogens is 204 g/mol. The molecule has 1 atom stereocenters. The van der Waals surface area contributed by atoms with Crippen molar-refractivity contribution in [2.45, 2.75) is 25.3 Å². The third-order valence-electron chi connectivity index (χ3n) is 1.99. The number of hydrogen-bond acceptors (Lipinski definition) is 2. The molecule has 0 radical (unpaired) electrons. The number of alkyl halides is 4. The van der Waals surface area contributed by atoms with Gasteiger partial charge in [0.25, 0.3) is 0 Å². The molecule has 1 aliphatic heterocycles. The molecule has 0 bridgehead atoms. The first kappa shape index (κ1) is 11.2. The summed E-state index contributed by atoms with van der Waals surface area (Å²) in [5.41, 5.74) is 0. The molecule has 1 aliphatic rings. The number of nitrogens with one attached hydrogen (secondary N) is 1. The minimum absolute atomic E-state index is 0.109. The fourth-order valence-electron chi connectivity index (χ4n) is 1.14. The fraction of sp³-hybridized carbons (Fsp3) is 0.857. The van der Waals surface area contributed by atoms with Gasteiger partial charge in [-0.05, 0) is 6.92 Å². The molecule has 0 saturated carbocycles. The van der Waals surface area contributed by atoms with E-state index in [1.807, 2.05) is 0 Å². The zero-order valence-corrected chi connectivity index (χ0v) is 7.44. The van der Waals surface area contributed by atoms with Crippen molar-refractivity contribution in [3.8, 4) is 0 Å². The van der Waals surface area contributed by atoms with Gasteiger partial charge >= 0.3 is 12.3 Å². The average Bonchev–Trinajstić information content (AvgIpc) is 2.35. The number of nitrogens with zero attached hydrogens (tertiary/aromatic N) is 1. The van der Waals surface area contributed by atoms with E-state index >= 15 is 0 Å². The van der Waals surface area contributed by atoms with Crippen molar-refractivity contribution in [2.75, 3.05) is 13.2 Å². The monoisotopic (exact) mass is 214 g/mol. The van der Waals surface area contributed by atoms with Crippen LogP contribution < -0.4 is 5.32 Å². The lowest BCUT2D eigenvalue weighted by Crippen LogP contribution is -2.43. The van der Waals surface area contributed by atoms with Gasteiger partial charge in [-0.1, -0.05) is 0 Å². The van der Waals surface area contributed by atoms with Gasteiger partial charge in [-0.2, -0.15) is 8.78 Å². The van der Waals surface area contributed by atoms with Crippen molar-refractivity contribution in [3.05, 3.63) is 0 Å². The molecule has 1 N–H and O–H groups in total. The summed E-state index contributed by atoms with van der Waals surface area (Å²) in [5.74, 6) is -4.72. The highest BCUT2D eigenvalue weighted by Crippen LogP contribution is 2.24. The van der Waals surface area contributed by atoms with E-state index in [-0.39, 0.29) is 6.67 Å². The zero-order valence-electron chi connectivity index (χ0n) is 7.44. The van der Waals surface area contributed by atoms with E-state index in [9.17, 15) is 22.4 Å². The summed E-state index contributed by atoms with van der Waals surface area (Å²) in [5, 5.41) is 2.58. The second-order valence-corrected chi connectivity index (χ2v) is 3.18. The van der Waals surface area contributed by atoms with Gasteiger partial charge in [0, 0.05) is 0 Å². The molecule has 0 aromatic rings. The number of hydrogen-bond donors (Lipinski definition) is 1. The van der Waals surface area contributed by atoms with Crippen LogP contribution in [-0.2, 0) is 4.79 Å². The molecule has 3 nitrogen and oxygen atoms in total. The lowest BCUT2D eigenvalue weighted by atomic mass is 10.3. The highest BCUT2D eigenvalue weighted by Gasteiger charge is 2.45. The van der Waals surface area contributed by atoms with Crippen molar-refractivity contribution in [2.24, 2.45) is 0 Å². The third kappa shape index (κ3) is 2.14. The summed E-state index contributed by atoms with van der Waals surface area (Å²) in [6, 6.07) is -0.580. The van der Waals surface area contributed by atoms with E-state index in [0.29, 0.717) is 4.90 Å². The van der Waals surface area contributed by atoms with Crippen molar-refractivity contribution in [3.63, 3.8) is 0 Å². The van der Waals surface area contributed by atoms with E-state index in [2.05, 4.69) is 5.32 Å². The smallest absolute Gasteiger partial charge is 0.322 e. The topological polar surface area (TPSA) is 32.3 Å². The van der Waals surface area contributed by atoms with E-state index in [0.717, 1.165) is 0 Å². The van der Waals surface area contributed by atoms with E-state index in [1.54, 1.807) is 0 Å². The largest absolute Gasteiger partial charge is 0.324 e. The van der Waals surface area contributed by atoms with E-state index in [1.165, 1.54) is 6.92 Å².